The van der Waals surface area contributed by atoms with E-state index in [-0.39, 0.29) is 17.7 Å². The van der Waals surface area contributed by atoms with E-state index >= 15 is 0 Å². The Bertz CT molecular complexity index is 819. The van der Waals surface area contributed by atoms with E-state index in [1.54, 1.807) is 13.2 Å². The number of likely N-dealkylation sites (tertiary alicyclic amines) is 1. The average molecular weight is 382 g/mol. The van der Waals surface area contributed by atoms with Crippen molar-refractivity contribution < 1.29 is 14.9 Å². The van der Waals surface area contributed by atoms with Gasteiger partial charge in [0.05, 0.1) is 12.7 Å². The largest absolute Gasteiger partial charge is 0.504 e. The number of piperidine rings is 1. The molecule has 0 bridgehead atoms. The molecule has 0 spiro atoms. The highest BCUT2D eigenvalue weighted by atomic mass is 16.5. The van der Waals surface area contributed by atoms with Crippen molar-refractivity contribution in [1.29, 1.82) is 0 Å². The normalized spacial score (nSPS) is 28.0. The summed E-state index contributed by atoms with van der Waals surface area (Å²) in [7, 11) is 1.58. The number of phenols is 1. The summed E-state index contributed by atoms with van der Waals surface area (Å²) in [6.45, 7) is 3.84. The average Bonchev–Trinajstić information content (AvgIpc) is 2.70. The van der Waals surface area contributed by atoms with Crippen molar-refractivity contribution in [1.82, 2.24) is 4.90 Å². The Kier molecular flexibility index (Phi) is 5.35. The van der Waals surface area contributed by atoms with Crippen LogP contribution in [0.15, 0.2) is 42.5 Å². The first kappa shape index (κ1) is 19.3. The van der Waals surface area contributed by atoms with E-state index in [0.29, 0.717) is 5.75 Å². The molecule has 1 heterocycles. The molecule has 4 rings (SSSR count). The summed E-state index contributed by atoms with van der Waals surface area (Å²) in [5.74, 6) is 0.860. The maximum absolute atomic E-state index is 11.4. The summed E-state index contributed by atoms with van der Waals surface area (Å²) in [4.78, 5) is 2.50. The Morgan fingerprint density at radius 2 is 1.89 bits per heavy atom. The Balaban J connectivity index is 1.70. The number of benzene rings is 2. The number of aryl methyl sites for hydroxylation is 1. The first-order chi connectivity index (χ1) is 13.5. The number of methoxy groups -OCH3 is 1. The Morgan fingerprint density at radius 1 is 1.11 bits per heavy atom. The minimum absolute atomic E-state index is 0.120. The van der Waals surface area contributed by atoms with E-state index in [0.717, 1.165) is 50.8 Å². The molecule has 2 N–H and O–H groups in total. The van der Waals surface area contributed by atoms with E-state index in [2.05, 4.69) is 36.1 Å². The van der Waals surface area contributed by atoms with Gasteiger partial charge in [-0.05, 0) is 49.4 Å². The smallest absolute Gasteiger partial charge is 0.160 e. The van der Waals surface area contributed by atoms with Gasteiger partial charge in [-0.2, -0.15) is 0 Å². The van der Waals surface area contributed by atoms with Crippen LogP contribution in [0.25, 0.3) is 0 Å². The van der Waals surface area contributed by atoms with Crippen LogP contribution in [0.3, 0.4) is 0 Å². The lowest BCUT2D eigenvalue weighted by Crippen LogP contribution is -2.54. The predicted octanol–water partition coefficient (Wildman–Crippen LogP) is 4.58. The zero-order valence-corrected chi connectivity index (χ0v) is 16.9. The van der Waals surface area contributed by atoms with Crippen molar-refractivity contribution >= 4 is 0 Å². The zero-order chi connectivity index (χ0) is 19.7. The molecule has 0 aromatic heterocycles. The molecule has 150 valence electrons. The molecule has 0 unspecified atom stereocenters. The second kappa shape index (κ2) is 7.76. The van der Waals surface area contributed by atoms with Gasteiger partial charge in [-0.25, -0.2) is 0 Å². The Morgan fingerprint density at radius 3 is 2.64 bits per heavy atom. The summed E-state index contributed by atoms with van der Waals surface area (Å²) in [6.07, 6.45) is 5.03. The van der Waals surface area contributed by atoms with Crippen LogP contribution in [-0.4, -0.2) is 34.4 Å². The molecule has 1 aliphatic heterocycles. The van der Waals surface area contributed by atoms with Gasteiger partial charge in [0, 0.05) is 25.0 Å². The first-order valence-corrected chi connectivity index (χ1v) is 10.4. The third-order valence-electron chi connectivity index (χ3n) is 6.72. The fourth-order valence-electron chi connectivity index (χ4n) is 5.17. The van der Waals surface area contributed by atoms with Crippen LogP contribution in [0.1, 0.15) is 54.8 Å². The van der Waals surface area contributed by atoms with Crippen molar-refractivity contribution in [2.75, 3.05) is 13.7 Å². The third kappa shape index (κ3) is 3.63. The topological polar surface area (TPSA) is 52.9 Å². The van der Waals surface area contributed by atoms with E-state index in [9.17, 15) is 10.2 Å². The highest BCUT2D eigenvalue weighted by Crippen LogP contribution is 2.50. The van der Waals surface area contributed by atoms with Gasteiger partial charge >= 0.3 is 0 Å². The number of hydrogen-bond acceptors (Lipinski definition) is 4. The van der Waals surface area contributed by atoms with Gasteiger partial charge in [-0.3, -0.25) is 4.90 Å². The van der Waals surface area contributed by atoms with Crippen molar-refractivity contribution in [3.05, 3.63) is 59.2 Å². The van der Waals surface area contributed by atoms with Crippen LogP contribution in [0, 0.1) is 12.8 Å². The number of aliphatic hydroxyl groups is 1. The van der Waals surface area contributed by atoms with Crippen molar-refractivity contribution in [3.63, 3.8) is 0 Å². The van der Waals surface area contributed by atoms with Crippen LogP contribution in [0.5, 0.6) is 11.5 Å². The molecular formula is C24H31NO3. The molecule has 2 aromatic carbocycles. The molecule has 2 fully saturated rings. The van der Waals surface area contributed by atoms with Gasteiger partial charge in [-0.15, -0.1) is 0 Å². The number of ether oxygens (including phenoxy) is 1. The molecule has 0 amide bonds. The summed E-state index contributed by atoms with van der Waals surface area (Å²) in [6, 6.07) is 14.5. The number of nitrogens with zero attached hydrogens (tertiary/aromatic N) is 1. The molecule has 4 heteroatoms. The van der Waals surface area contributed by atoms with Gasteiger partial charge in [0.1, 0.15) is 0 Å². The van der Waals surface area contributed by atoms with E-state index in [1.165, 1.54) is 11.1 Å². The highest BCUT2D eigenvalue weighted by Gasteiger charge is 2.48. The van der Waals surface area contributed by atoms with Gasteiger partial charge in [0.15, 0.2) is 11.5 Å². The molecule has 2 aliphatic rings. The van der Waals surface area contributed by atoms with Gasteiger partial charge in [0.2, 0.25) is 0 Å². The maximum Gasteiger partial charge on any atom is 0.160 e. The molecule has 0 radical (unpaired) electrons. The number of aromatic hydroxyl groups is 1. The van der Waals surface area contributed by atoms with E-state index < -0.39 is 5.60 Å². The second-order valence-corrected chi connectivity index (χ2v) is 8.54. The summed E-state index contributed by atoms with van der Waals surface area (Å²) >= 11 is 0. The minimum Gasteiger partial charge on any atom is -0.504 e. The Labute approximate surface area is 167 Å². The lowest BCUT2D eigenvalue weighted by Gasteiger charge is -2.53. The molecule has 1 saturated carbocycles. The molecule has 4 nitrogen and oxygen atoms in total. The highest BCUT2D eigenvalue weighted by molar-refractivity contribution is 5.43. The molecular weight excluding hydrogens is 350 g/mol. The second-order valence-electron chi connectivity index (χ2n) is 8.54. The van der Waals surface area contributed by atoms with E-state index in [1.807, 2.05) is 12.1 Å². The number of phenolic OH excluding ortho intramolecular Hbond substituents is 1. The number of hydrogen-bond donors (Lipinski definition) is 2. The van der Waals surface area contributed by atoms with Gasteiger partial charge < -0.3 is 14.9 Å². The van der Waals surface area contributed by atoms with Crippen LogP contribution >= 0.6 is 0 Å². The monoisotopic (exact) mass is 381 g/mol. The third-order valence-corrected chi connectivity index (χ3v) is 6.72. The molecule has 1 saturated heterocycles. The Hall–Kier alpha value is -2.04. The standard InChI is InChI=1S/C24H31NO3/c1-17-6-8-18(9-7-17)16-25-14-13-24(27)12-4-3-5-20(24)23(25)19-10-11-21(26)22(15-19)28-2/h6-11,15,20,23,26-27H,3-5,12-14,16H2,1-2H3/t20-,23-,24+/m0/s1. The zero-order valence-electron chi connectivity index (χ0n) is 16.9. The van der Waals surface area contributed by atoms with Crippen molar-refractivity contribution in [3.8, 4) is 11.5 Å². The summed E-state index contributed by atoms with van der Waals surface area (Å²) in [5.41, 5.74) is 3.09. The minimum atomic E-state index is -0.586. The summed E-state index contributed by atoms with van der Waals surface area (Å²) in [5, 5.41) is 21.5. The SMILES string of the molecule is COc1cc([C@H]2[C@@H]3CCCC[C@@]3(O)CCN2Cc2ccc(C)cc2)ccc1O. The molecule has 2 aromatic rings. The van der Waals surface area contributed by atoms with Gasteiger partial charge in [0.25, 0.3) is 0 Å². The van der Waals surface area contributed by atoms with E-state index in [4.69, 9.17) is 4.74 Å². The molecule has 28 heavy (non-hydrogen) atoms. The lowest BCUT2D eigenvalue weighted by molar-refractivity contribution is -0.126. The van der Waals surface area contributed by atoms with Crippen molar-refractivity contribution in [2.45, 2.75) is 57.2 Å². The number of fused-ring (bicyclic) bond motifs is 1. The van der Waals surface area contributed by atoms with Crippen LogP contribution in [0.4, 0.5) is 0 Å². The predicted molar refractivity (Wildman–Crippen MR) is 111 cm³/mol. The van der Waals surface area contributed by atoms with Crippen molar-refractivity contribution in [2.24, 2.45) is 5.92 Å². The van der Waals surface area contributed by atoms with Crippen LogP contribution in [-0.2, 0) is 6.54 Å². The number of rotatable bonds is 4. The fraction of sp³-hybridized carbons (Fsp3) is 0.500. The fourth-order valence-corrected chi connectivity index (χ4v) is 5.17. The van der Waals surface area contributed by atoms with Gasteiger partial charge in [-0.1, -0.05) is 48.7 Å². The van der Waals surface area contributed by atoms with Crippen LogP contribution in [0.2, 0.25) is 0 Å². The first-order valence-electron chi connectivity index (χ1n) is 10.4. The molecule has 3 atom stereocenters. The summed E-state index contributed by atoms with van der Waals surface area (Å²) < 4.78 is 5.37. The quantitative estimate of drug-likeness (QED) is 0.814. The maximum atomic E-state index is 11.4. The van der Waals surface area contributed by atoms with Crippen LogP contribution < -0.4 is 4.74 Å². The lowest BCUT2D eigenvalue weighted by atomic mass is 9.66. The molecule has 1 aliphatic carbocycles.